The highest BCUT2D eigenvalue weighted by Gasteiger charge is 2.18. The number of carbonyl (C=O) groups is 2. The maximum atomic E-state index is 13.0. The molecule has 1 N–H and O–H groups in total. The van der Waals surface area contributed by atoms with Gasteiger partial charge in [0, 0.05) is 23.4 Å². The summed E-state index contributed by atoms with van der Waals surface area (Å²) >= 11 is 0. The summed E-state index contributed by atoms with van der Waals surface area (Å²) < 4.78 is 26.6. The van der Waals surface area contributed by atoms with Crippen molar-refractivity contribution in [3.05, 3.63) is 77.9 Å². The van der Waals surface area contributed by atoms with Crippen LogP contribution in [-0.4, -0.2) is 46.9 Å². The molecule has 0 saturated heterocycles. The summed E-state index contributed by atoms with van der Waals surface area (Å²) in [5.41, 5.74) is 2.03. The Balaban J connectivity index is 1.78. The molecule has 8 heteroatoms. The molecule has 0 heterocycles. The number of anilines is 1. The summed E-state index contributed by atoms with van der Waals surface area (Å²) in [6.07, 6.45) is 1.67. The monoisotopic (exact) mass is 477 g/mol. The minimum Gasteiger partial charge on any atom is -0.496 e. The quantitative estimate of drug-likeness (QED) is 0.262. The first-order valence-corrected chi connectivity index (χ1v) is 10.7. The third kappa shape index (κ3) is 6.32. The molecule has 0 atom stereocenters. The van der Waals surface area contributed by atoms with Gasteiger partial charge in [-0.15, -0.1) is 0 Å². The van der Waals surface area contributed by atoms with Gasteiger partial charge in [-0.25, -0.2) is 4.79 Å². The van der Waals surface area contributed by atoms with E-state index in [0.717, 1.165) is 0 Å². The molecular formula is C27H27NO7. The lowest BCUT2D eigenvalue weighted by molar-refractivity contribution is -0.141. The number of ether oxygens (including phenoxy) is 5. The average Bonchev–Trinajstić information content (AvgIpc) is 2.90. The van der Waals surface area contributed by atoms with Crippen LogP contribution < -0.4 is 24.3 Å². The second-order valence-electron chi connectivity index (χ2n) is 7.20. The summed E-state index contributed by atoms with van der Waals surface area (Å²) in [6, 6.07) is 19.5. The van der Waals surface area contributed by atoms with E-state index in [0.29, 0.717) is 39.8 Å². The van der Waals surface area contributed by atoms with Crippen molar-refractivity contribution in [2.45, 2.75) is 0 Å². The van der Waals surface area contributed by atoms with Crippen molar-refractivity contribution in [3.8, 4) is 23.0 Å². The molecule has 0 bridgehead atoms. The number of nitrogens with one attached hydrogen (secondary N) is 1. The summed E-state index contributed by atoms with van der Waals surface area (Å²) in [4.78, 5) is 25.6. The molecule has 0 spiro atoms. The van der Waals surface area contributed by atoms with Crippen LogP contribution in [0, 0.1) is 0 Å². The zero-order valence-corrected chi connectivity index (χ0v) is 20.0. The van der Waals surface area contributed by atoms with Gasteiger partial charge in [-0.3, -0.25) is 4.79 Å². The largest absolute Gasteiger partial charge is 0.496 e. The first kappa shape index (κ1) is 25.2. The standard InChI is InChI=1S/C27H27NO7/c1-31-22-13-9-8-12-19(22)14-21(18-10-6-5-7-11-18)27(30)35-17-25(29)28-20-15-23(32-2)26(34-4)24(16-20)33-3/h5-16H,17H2,1-4H3,(H,28,29)/b21-14+. The van der Waals surface area contributed by atoms with Crippen LogP contribution in [0.15, 0.2) is 66.7 Å². The number of rotatable bonds is 10. The summed E-state index contributed by atoms with van der Waals surface area (Å²) in [5.74, 6) is 0.581. The van der Waals surface area contributed by atoms with Crippen molar-refractivity contribution in [2.75, 3.05) is 40.4 Å². The molecule has 0 fully saturated rings. The highest BCUT2D eigenvalue weighted by molar-refractivity contribution is 6.22. The van der Waals surface area contributed by atoms with Crippen LogP contribution in [-0.2, 0) is 14.3 Å². The normalized spacial score (nSPS) is 10.8. The third-order valence-corrected chi connectivity index (χ3v) is 5.03. The van der Waals surface area contributed by atoms with Gasteiger partial charge in [0.15, 0.2) is 18.1 Å². The van der Waals surface area contributed by atoms with Crippen LogP contribution in [0.5, 0.6) is 23.0 Å². The van der Waals surface area contributed by atoms with Gasteiger partial charge in [-0.05, 0) is 17.7 Å². The summed E-state index contributed by atoms with van der Waals surface area (Å²) in [6.45, 7) is -0.494. The molecular weight excluding hydrogens is 450 g/mol. The van der Waals surface area contributed by atoms with E-state index in [1.807, 2.05) is 36.4 Å². The first-order valence-electron chi connectivity index (χ1n) is 10.7. The Hall–Kier alpha value is -4.46. The SMILES string of the molecule is COc1ccccc1/C=C(/C(=O)OCC(=O)Nc1cc(OC)c(OC)c(OC)c1)c1ccccc1. The van der Waals surface area contributed by atoms with E-state index in [1.54, 1.807) is 43.5 Å². The maximum Gasteiger partial charge on any atom is 0.339 e. The molecule has 0 unspecified atom stereocenters. The Morgan fingerprint density at radius 3 is 1.97 bits per heavy atom. The fourth-order valence-corrected chi connectivity index (χ4v) is 3.38. The molecule has 35 heavy (non-hydrogen) atoms. The molecule has 0 aliphatic rings. The minimum absolute atomic E-state index is 0.288. The number of amides is 1. The molecule has 1 amide bonds. The van der Waals surface area contributed by atoms with E-state index < -0.39 is 18.5 Å². The molecule has 0 radical (unpaired) electrons. The molecule has 3 aromatic carbocycles. The molecule has 0 aliphatic heterocycles. The van der Waals surface area contributed by atoms with E-state index in [-0.39, 0.29) is 5.57 Å². The molecule has 3 rings (SSSR count). The van der Waals surface area contributed by atoms with E-state index in [9.17, 15) is 9.59 Å². The topological polar surface area (TPSA) is 92.3 Å². The Kier molecular flexibility index (Phi) is 8.72. The zero-order chi connectivity index (χ0) is 25.2. The summed E-state index contributed by atoms with van der Waals surface area (Å²) in [7, 11) is 6.00. The van der Waals surface area contributed by atoms with E-state index in [1.165, 1.54) is 21.3 Å². The number of para-hydroxylation sites is 1. The number of benzene rings is 3. The van der Waals surface area contributed by atoms with Gasteiger partial charge in [0.25, 0.3) is 5.91 Å². The van der Waals surface area contributed by atoms with E-state index >= 15 is 0 Å². The predicted molar refractivity (Wildman–Crippen MR) is 133 cm³/mol. The van der Waals surface area contributed by atoms with Crippen molar-refractivity contribution < 1.29 is 33.3 Å². The second kappa shape index (κ2) is 12.1. The van der Waals surface area contributed by atoms with Gasteiger partial charge >= 0.3 is 5.97 Å². The second-order valence-corrected chi connectivity index (χ2v) is 7.20. The Labute approximate surface area is 204 Å². The van der Waals surface area contributed by atoms with Gasteiger partial charge in [-0.1, -0.05) is 48.5 Å². The minimum atomic E-state index is -0.651. The predicted octanol–water partition coefficient (Wildman–Crippen LogP) is 4.44. The Morgan fingerprint density at radius 2 is 1.37 bits per heavy atom. The van der Waals surface area contributed by atoms with Crippen LogP contribution in [0.25, 0.3) is 11.6 Å². The fourth-order valence-electron chi connectivity index (χ4n) is 3.38. The molecule has 0 aliphatic carbocycles. The van der Waals surface area contributed by atoms with E-state index in [2.05, 4.69) is 5.32 Å². The van der Waals surface area contributed by atoms with E-state index in [4.69, 9.17) is 23.7 Å². The Morgan fingerprint density at radius 1 is 0.771 bits per heavy atom. The van der Waals surface area contributed by atoms with Crippen molar-refractivity contribution in [1.29, 1.82) is 0 Å². The Bertz CT molecular complexity index is 1180. The molecule has 0 aromatic heterocycles. The number of hydrogen-bond donors (Lipinski definition) is 1. The fraction of sp³-hybridized carbons (Fsp3) is 0.185. The lowest BCUT2D eigenvalue weighted by Crippen LogP contribution is -2.21. The molecule has 182 valence electrons. The highest BCUT2D eigenvalue weighted by Crippen LogP contribution is 2.39. The number of hydrogen-bond acceptors (Lipinski definition) is 7. The van der Waals surface area contributed by atoms with Crippen molar-refractivity contribution in [1.82, 2.24) is 0 Å². The zero-order valence-electron chi connectivity index (χ0n) is 20.0. The van der Waals surface area contributed by atoms with Gasteiger partial charge in [-0.2, -0.15) is 0 Å². The van der Waals surface area contributed by atoms with Crippen LogP contribution >= 0.6 is 0 Å². The van der Waals surface area contributed by atoms with Gasteiger partial charge in [0.1, 0.15) is 5.75 Å². The van der Waals surface area contributed by atoms with Crippen molar-refractivity contribution in [3.63, 3.8) is 0 Å². The smallest absolute Gasteiger partial charge is 0.339 e. The summed E-state index contributed by atoms with van der Waals surface area (Å²) in [5, 5.41) is 2.67. The average molecular weight is 478 g/mol. The number of carbonyl (C=O) groups excluding carboxylic acids is 2. The molecule has 8 nitrogen and oxygen atoms in total. The molecule has 3 aromatic rings. The number of methoxy groups -OCH3 is 4. The van der Waals surface area contributed by atoms with Gasteiger partial charge < -0.3 is 29.0 Å². The first-order chi connectivity index (χ1) is 17.0. The highest BCUT2D eigenvalue weighted by atomic mass is 16.5. The maximum absolute atomic E-state index is 13.0. The van der Waals surface area contributed by atoms with Crippen molar-refractivity contribution in [2.24, 2.45) is 0 Å². The third-order valence-electron chi connectivity index (χ3n) is 5.03. The van der Waals surface area contributed by atoms with Crippen LogP contribution in [0.4, 0.5) is 5.69 Å². The van der Waals surface area contributed by atoms with Crippen LogP contribution in [0.1, 0.15) is 11.1 Å². The van der Waals surface area contributed by atoms with Crippen LogP contribution in [0.3, 0.4) is 0 Å². The van der Waals surface area contributed by atoms with Crippen LogP contribution in [0.2, 0.25) is 0 Å². The molecule has 0 saturated carbocycles. The number of esters is 1. The lowest BCUT2D eigenvalue weighted by Gasteiger charge is -2.15. The lowest BCUT2D eigenvalue weighted by atomic mass is 10.0. The van der Waals surface area contributed by atoms with Gasteiger partial charge in [0.05, 0.1) is 34.0 Å². The van der Waals surface area contributed by atoms with Gasteiger partial charge in [0.2, 0.25) is 5.75 Å². The van der Waals surface area contributed by atoms with Crippen molar-refractivity contribution >= 4 is 29.2 Å².